The van der Waals surface area contributed by atoms with Crippen LogP contribution in [0.5, 0.6) is 0 Å². The molecule has 2 aromatic heterocycles. The summed E-state index contributed by atoms with van der Waals surface area (Å²) in [5, 5.41) is 2.18. The molecule has 0 saturated heterocycles. The summed E-state index contributed by atoms with van der Waals surface area (Å²) in [7, 11) is 0. The van der Waals surface area contributed by atoms with Crippen LogP contribution in [0.2, 0.25) is 0 Å². The van der Waals surface area contributed by atoms with Gasteiger partial charge in [0.05, 0.1) is 6.26 Å². The van der Waals surface area contributed by atoms with E-state index in [1.54, 1.807) is 17.5 Å². The van der Waals surface area contributed by atoms with Crippen LogP contribution in [0, 0.1) is 5.82 Å². The fourth-order valence-electron chi connectivity index (χ4n) is 2.21. The molecule has 3 aromatic rings. The quantitative estimate of drug-likeness (QED) is 0.732. The number of carbonyl (C=O) groups is 2. The molecule has 0 unspecified atom stereocenters. The van der Waals surface area contributed by atoms with Crippen LogP contribution in [0.3, 0.4) is 0 Å². The van der Waals surface area contributed by atoms with E-state index in [0.717, 1.165) is 0 Å². The highest BCUT2D eigenvalue weighted by Crippen LogP contribution is 2.26. The molecule has 128 valence electrons. The van der Waals surface area contributed by atoms with Gasteiger partial charge in [0.2, 0.25) is 5.91 Å². The van der Waals surface area contributed by atoms with Crippen molar-refractivity contribution in [3.63, 3.8) is 0 Å². The van der Waals surface area contributed by atoms with Gasteiger partial charge >= 0.3 is 0 Å². The minimum absolute atomic E-state index is 0.0156. The van der Waals surface area contributed by atoms with E-state index in [4.69, 9.17) is 10.2 Å². The molecule has 3 rings (SSSR count). The van der Waals surface area contributed by atoms with Crippen molar-refractivity contribution in [2.75, 3.05) is 11.4 Å². The number of hydrogen-bond acceptors (Lipinski definition) is 5. The predicted molar refractivity (Wildman–Crippen MR) is 91.7 cm³/mol. The number of hydrogen-bond donors (Lipinski definition) is 1. The molecule has 2 heterocycles. The molecule has 0 spiro atoms. The van der Waals surface area contributed by atoms with Crippen molar-refractivity contribution in [1.82, 2.24) is 4.98 Å². The minimum Gasteiger partial charge on any atom is -0.462 e. The Morgan fingerprint density at radius 1 is 1.24 bits per heavy atom. The van der Waals surface area contributed by atoms with Crippen LogP contribution < -0.4 is 10.6 Å². The molecule has 1 aromatic carbocycles. The summed E-state index contributed by atoms with van der Waals surface area (Å²) >= 11 is 1.27. The highest BCUT2D eigenvalue weighted by Gasteiger charge is 2.22. The summed E-state index contributed by atoms with van der Waals surface area (Å²) in [6, 6.07) is 8.90. The number of furan rings is 1. The number of primary amides is 1. The Morgan fingerprint density at radius 3 is 2.64 bits per heavy atom. The first kappa shape index (κ1) is 16.8. The second-order valence-electron chi connectivity index (χ2n) is 5.16. The number of halogens is 1. The van der Waals surface area contributed by atoms with Crippen LogP contribution in [0.15, 0.2) is 52.5 Å². The Labute approximate surface area is 146 Å². The molecule has 0 radical (unpaired) electrons. The zero-order chi connectivity index (χ0) is 17.8. The fourth-order valence-corrected chi connectivity index (χ4v) is 2.97. The first-order valence-corrected chi connectivity index (χ1v) is 8.27. The number of thiazole rings is 1. The van der Waals surface area contributed by atoms with E-state index in [1.807, 2.05) is 0 Å². The predicted octanol–water partition coefficient (Wildman–Crippen LogP) is 3.06. The van der Waals surface area contributed by atoms with Gasteiger partial charge in [-0.05, 0) is 36.4 Å². The molecule has 2 amide bonds. The number of carbonyl (C=O) groups excluding carboxylic acids is 2. The molecule has 6 nitrogen and oxygen atoms in total. The maximum absolute atomic E-state index is 13.1. The lowest BCUT2D eigenvalue weighted by atomic mass is 10.2. The van der Waals surface area contributed by atoms with E-state index < -0.39 is 17.6 Å². The smallest absolute Gasteiger partial charge is 0.277 e. The minimum atomic E-state index is -0.533. The molecule has 8 heteroatoms. The van der Waals surface area contributed by atoms with Crippen LogP contribution in [-0.2, 0) is 4.79 Å². The highest BCUT2D eigenvalue weighted by atomic mass is 32.1. The van der Waals surface area contributed by atoms with Crippen LogP contribution >= 0.6 is 11.3 Å². The molecular weight excluding hydrogens is 345 g/mol. The Balaban J connectivity index is 1.88. The summed E-state index contributed by atoms with van der Waals surface area (Å²) in [4.78, 5) is 29.6. The van der Waals surface area contributed by atoms with Gasteiger partial charge in [-0.15, -0.1) is 11.3 Å². The normalized spacial score (nSPS) is 10.6. The van der Waals surface area contributed by atoms with Crippen LogP contribution in [0.4, 0.5) is 10.1 Å². The third-order valence-electron chi connectivity index (χ3n) is 3.42. The van der Waals surface area contributed by atoms with Crippen molar-refractivity contribution < 1.29 is 18.4 Å². The molecule has 0 aliphatic heterocycles. The summed E-state index contributed by atoms with van der Waals surface area (Å²) in [5.41, 5.74) is 5.86. The van der Waals surface area contributed by atoms with E-state index in [-0.39, 0.29) is 18.7 Å². The third kappa shape index (κ3) is 3.92. The Bertz CT molecular complexity index is 875. The Hall–Kier alpha value is -3.00. The van der Waals surface area contributed by atoms with Crippen molar-refractivity contribution in [1.29, 1.82) is 0 Å². The average Bonchev–Trinajstić information content (AvgIpc) is 3.27. The van der Waals surface area contributed by atoms with Crippen molar-refractivity contribution in [2.45, 2.75) is 6.42 Å². The topological polar surface area (TPSA) is 89.4 Å². The Morgan fingerprint density at radius 2 is 2.00 bits per heavy atom. The summed E-state index contributed by atoms with van der Waals surface area (Å²) in [6.07, 6.45) is 1.51. The fraction of sp³-hybridized carbons (Fsp3) is 0.118. The number of amides is 2. The molecule has 0 bridgehead atoms. The van der Waals surface area contributed by atoms with Gasteiger partial charge in [0.1, 0.15) is 11.5 Å². The van der Waals surface area contributed by atoms with Gasteiger partial charge in [0.15, 0.2) is 10.8 Å². The van der Waals surface area contributed by atoms with E-state index in [9.17, 15) is 14.0 Å². The van der Waals surface area contributed by atoms with E-state index in [0.29, 0.717) is 16.5 Å². The van der Waals surface area contributed by atoms with Gasteiger partial charge in [-0.2, -0.15) is 0 Å². The lowest BCUT2D eigenvalue weighted by Gasteiger charge is -2.21. The molecule has 0 fully saturated rings. The maximum atomic E-state index is 13.1. The molecule has 0 saturated carbocycles. The number of aromatic nitrogens is 1. The van der Waals surface area contributed by atoms with Crippen molar-refractivity contribution in [3.8, 4) is 10.8 Å². The van der Waals surface area contributed by atoms with Gasteiger partial charge in [0, 0.05) is 24.0 Å². The summed E-state index contributed by atoms with van der Waals surface area (Å²) in [5.74, 6) is -0.786. The second-order valence-corrected chi connectivity index (χ2v) is 6.02. The molecule has 0 atom stereocenters. The standard InChI is InChI=1S/C17H14FN3O3S/c18-11-3-5-12(6-4-11)21(8-7-15(19)22)17(23)13-10-25-16(20-13)14-2-1-9-24-14/h1-6,9-10H,7-8H2,(H2,19,22). The maximum Gasteiger partial charge on any atom is 0.277 e. The molecule has 2 N–H and O–H groups in total. The first-order chi connectivity index (χ1) is 12.0. The van der Waals surface area contributed by atoms with E-state index in [1.165, 1.54) is 46.8 Å². The molecular formula is C17H14FN3O3S. The lowest BCUT2D eigenvalue weighted by molar-refractivity contribution is -0.117. The number of rotatable bonds is 6. The van der Waals surface area contributed by atoms with E-state index in [2.05, 4.69) is 4.98 Å². The monoisotopic (exact) mass is 359 g/mol. The Kier molecular flexibility index (Phi) is 4.90. The zero-order valence-corrected chi connectivity index (χ0v) is 13.8. The molecule has 0 aliphatic rings. The van der Waals surface area contributed by atoms with Gasteiger partial charge in [-0.1, -0.05) is 0 Å². The van der Waals surface area contributed by atoms with Gasteiger partial charge < -0.3 is 15.1 Å². The molecule has 0 aliphatic carbocycles. The van der Waals surface area contributed by atoms with Crippen molar-refractivity contribution in [3.05, 3.63) is 59.6 Å². The second kappa shape index (κ2) is 7.27. The summed E-state index contributed by atoms with van der Waals surface area (Å²) < 4.78 is 18.4. The average molecular weight is 359 g/mol. The van der Waals surface area contributed by atoms with Gasteiger partial charge in [-0.25, -0.2) is 9.37 Å². The van der Waals surface area contributed by atoms with Crippen molar-refractivity contribution in [2.24, 2.45) is 5.73 Å². The van der Waals surface area contributed by atoms with Crippen LogP contribution in [0.25, 0.3) is 10.8 Å². The first-order valence-electron chi connectivity index (χ1n) is 7.40. The lowest BCUT2D eigenvalue weighted by Crippen LogP contribution is -2.34. The third-order valence-corrected chi connectivity index (χ3v) is 4.28. The number of benzene rings is 1. The van der Waals surface area contributed by atoms with Crippen molar-refractivity contribution >= 4 is 28.8 Å². The van der Waals surface area contributed by atoms with Gasteiger partial charge in [0.25, 0.3) is 5.91 Å². The number of nitrogens with zero attached hydrogens (tertiary/aromatic N) is 2. The van der Waals surface area contributed by atoms with Crippen LogP contribution in [0.1, 0.15) is 16.9 Å². The number of anilines is 1. The summed E-state index contributed by atoms with van der Waals surface area (Å²) in [6.45, 7) is 0.0768. The SMILES string of the molecule is NC(=O)CCN(C(=O)c1csc(-c2ccco2)n1)c1ccc(F)cc1. The largest absolute Gasteiger partial charge is 0.462 e. The van der Waals surface area contributed by atoms with E-state index >= 15 is 0 Å². The highest BCUT2D eigenvalue weighted by molar-refractivity contribution is 7.13. The number of nitrogens with two attached hydrogens (primary N) is 1. The van der Waals surface area contributed by atoms with Gasteiger partial charge in [-0.3, -0.25) is 9.59 Å². The zero-order valence-electron chi connectivity index (χ0n) is 13.0. The molecule has 25 heavy (non-hydrogen) atoms. The van der Waals surface area contributed by atoms with Crippen LogP contribution in [-0.4, -0.2) is 23.3 Å².